The van der Waals surface area contributed by atoms with Crippen molar-refractivity contribution in [3.63, 3.8) is 0 Å². The Morgan fingerprint density at radius 2 is 1.56 bits per heavy atom. The van der Waals surface area contributed by atoms with Crippen LogP contribution in [0.25, 0.3) is 0 Å². The lowest BCUT2D eigenvalue weighted by Gasteiger charge is -2.23. The maximum Gasteiger partial charge on any atom is 0.411 e. The molecule has 2 aromatic carbocycles. The lowest BCUT2D eigenvalue weighted by molar-refractivity contribution is -0.139. The van der Waals surface area contributed by atoms with Gasteiger partial charge in [0, 0.05) is 17.6 Å². The molecule has 8 nitrogen and oxygen atoms in total. The molecule has 1 N–H and O–H groups in total. The van der Waals surface area contributed by atoms with Crippen LogP contribution < -0.4 is 10.2 Å². The van der Waals surface area contributed by atoms with Crippen LogP contribution in [0.4, 0.5) is 16.2 Å². The molecular formula is C24H22N2O6. The molecule has 1 aliphatic heterocycles. The first kappa shape index (κ1) is 22.4. The number of methoxy groups -OCH3 is 2. The molecule has 0 bridgehead atoms. The van der Waals surface area contributed by atoms with Crippen molar-refractivity contribution in [2.24, 2.45) is 0 Å². The molecule has 0 unspecified atom stereocenters. The molecule has 0 saturated heterocycles. The zero-order chi connectivity index (χ0) is 22.9. The van der Waals surface area contributed by atoms with Gasteiger partial charge in [-0.25, -0.2) is 14.4 Å². The van der Waals surface area contributed by atoms with Crippen molar-refractivity contribution in [2.75, 3.05) is 24.4 Å². The summed E-state index contributed by atoms with van der Waals surface area (Å²) in [6.45, 7) is 0.153. The molecule has 1 heterocycles. The van der Waals surface area contributed by atoms with Crippen LogP contribution in [-0.4, -0.2) is 32.3 Å². The highest BCUT2D eigenvalue weighted by atomic mass is 16.5. The molecule has 2 aromatic rings. The standard InChI is InChI=1S/C24H22N2O6/c1-30-22(27)20-10-6-7-15-26(21(20)23(28)31-2)19-13-11-18(12-14-19)25-24(29)32-16-17-8-4-3-5-9-17/h3-15H,16H2,1-2H3,(H,25,29). The average Bonchev–Trinajstić information content (AvgIpc) is 3.06. The Morgan fingerprint density at radius 1 is 0.875 bits per heavy atom. The number of nitrogens with zero attached hydrogens (tertiary/aromatic N) is 1. The molecule has 8 heteroatoms. The summed E-state index contributed by atoms with van der Waals surface area (Å²) >= 11 is 0. The van der Waals surface area contributed by atoms with Crippen LogP contribution in [-0.2, 0) is 30.4 Å². The number of anilines is 2. The summed E-state index contributed by atoms with van der Waals surface area (Å²) in [6, 6.07) is 16.0. The zero-order valence-corrected chi connectivity index (χ0v) is 17.6. The van der Waals surface area contributed by atoms with E-state index in [0.29, 0.717) is 11.4 Å². The molecule has 1 amide bonds. The lowest BCUT2D eigenvalue weighted by atomic mass is 10.1. The molecule has 0 radical (unpaired) electrons. The minimum Gasteiger partial charge on any atom is -0.465 e. The van der Waals surface area contributed by atoms with Crippen LogP contribution in [0.5, 0.6) is 0 Å². The van der Waals surface area contributed by atoms with Crippen molar-refractivity contribution in [3.05, 3.63) is 95.9 Å². The molecule has 1 aliphatic rings. The van der Waals surface area contributed by atoms with Crippen LogP contribution in [0.1, 0.15) is 5.56 Å². The zero-order valence-electron chi connectivity index (χ0n) is 17.6. The largest absolute Gasteiger partial charge is 0.465 e. The second kappa shape index (κ2) is 10.6. The third-order valence-corrected chi connectivity index (χ3v) is 4.49. The molecule has 0 aliphatic carbocycles. The van der Waals surface area contributed by atoms with E-state index in [2.05, 4.69) is 5.32 Å². The van der Waals surface area contributed by atoms with Gasteiger partial charge in [0.05, 0.1) is 19.8 Å². The Hall–Kier alpha value is -4.33. The number of carbonyl (C=O) groups is 3. The van der Waals surface area contributed by atoms with E-state index in [4.69, 9.17) is 14.2 Å². The maximum atomic E-state index is 12.5. The number of allylic oxidation sites excluding steroid dienone is 2. The van der Waals surface area contributed by atoms with Gasteiger partial charge < -0.3 is 19.1 Å². The summed E-state index contributed by atoms with van der Waals surface area (Å²) in [6.07, 6.45) is 5.80. The van der Waals surface area contributed by atoms with Gasteiger partial charge in [0.25, 0.3) is 0 Å². The van der Waals surface area contributed by atoms with Gasteiger partial charge in [0.2, 0.25) is 0 Å². The summed E-state index contributed by atoms with van der Waals surface area (Å²) in [7, 11) is 2.47. The second-order valence-corrected chi connectivity index (χ2v) is 6.55. The van der Waals surface area contributed by atoms with Crippen molar-refractivity contribution < 1.29 is 28.6 Å². The first-order valence-corrected chi connectivity index (χ1v) is 9.66. The van der Waals surface area contributed by atoms with Crippen molar-refractivity contribution in [1.82, 2.24) is 0 Å². The van der Waals surface area contributed by atoms with E-state index in [1.54, 1.807) is 42.6 Å². The lowest BCUT2D eigenvalue weighted by Crippen LogP contribution is -2.27. The normalized spacial score (nSPS) is 12.8. The molecule has 0 fully saturated rings. The number of hydrogen-bond donors (Lipinski definition) is 1. The SMILES string of the molecule is COC(=O)C1=C(C(=O)OC)N(c2ccc(NC(=O)OCc3ccccc3)cc2)C=CC=C1. The van der Waals surface area contributed by atoms with Crippen LogP contribution in [0.2, 0.25) is 0 Å². The van der Waals surface area contributed by atoms with E-state index < -0.39 is 18.0 Å². The second-order valence-electron chi connectivity index (χ2n) is 6.55. The minimum atomic E-state index is -0.701. The fourth-order valence-corrected chi connectivity index (χ4v) is 2.95. The van der Waals surface area contributed by atoms with Crippen molar-refractivity contribution >= 4 is 29.4 Å². The van der Waals surface area contributed by atoms with E-state index in [1.165, 1.54) is 25.2 Å². The van der Waals surface area contributed by atoms with Crippen molar-refractivity contribution in [1.29, 1.82) is 0 Å². The van der Waals surface area contributed by atoms with E-state index in [1.807, 2.05) is 30.3 Å². The first-order valence-electron chi connectivity index (χ1n) is 9.66. The van der Waals surface area contributed by atoms with Gasteiger partial charge in [0.15, 0.2) is 0 Å². The van der Waals surface area contributed by atoms with Crippen LogP contribution in [0, 0.1) is 0 Å². The Morgan fingerprint density at radius 3 is 2.22 bits per heavy atom. The Labute approximate surface area is 185 Å². The van der Waals surface area contributed by atoms with E-state index in [9.17, 15) is 14.4 Å². The number of carbonyl (C=O) groups excluding carboxylic acids is 3. The number of amides is 1. The topological polar surface area (TPSA) is 94.2 Å². The predicted octanol–water partition coefficient (Wildman–Crippen LogP) is 3.93. The number of ether oxygens (including phenoxy) is 3. The highest BCUT2D eigenvalue weighted by Gasteiger charge is 2.27. The Bertz CT molecular complexity index is 1070. The predicted molar refractivity (Wildman–Crippen MR) is 119 cm³/mol. The van der Waals surface area contributed by atoms with Gasteiger partial charge in [-0.05, 0) is 42.0 Å². The Balaban J connectivity index is 1.76. The Kier molecular flexibility index (Phi) is 7.42. The van der Waals surface area contributed by atoms with E-state index >= 15 is 0 Å². The third kappa shape index (κ3) is 5.42. The number of rotatable bonds is 6. The molecule has 164 valence electrons. The van der Waals surface area contributed by atoms with Gasteiger partial charge >= 0.3 is 18.0 Å². The maximum absolute atomic E-state index is 12.5. The number of nitrogens with one attached hydrogen (secondary N) is 1. The van der Waals surface area contributed by atoms with Crippen molar-refractivity contribution in [2.45, 2.75) is 6.61 Å². The summed E-state index contributed by atoms with van der Waals surface area (Å²) in [5.41, 5.74) is 2.00. The quantitative estimate of drug-likeness (QED) is 0.544. The molecular weight excluding hydrogens is 412 g/mol. The third-order valence-electron chi connectivity index (χ3n) is 4.49. The molecule has 0 atom stereocenters. The van der Waals surface area contributed by atoms with Gasteiger partial charge in [-0.2, -0.15) is 0 Å². The smallest absolute Gasteiger partial charge is 0.411 e. The van der Waals surface area contributed by atoms with E-state index in [-0.39, 0.29) is 17.9 Å². The molecule has 3 rings (SSSR count). The number of benzene rings is 2. The molecule has 0 aromatic heterocycles. The monoisotopic (exact) mass is 434 g/mol. The average molecular weight is 434 g/mol. The van der Waals surface area contributed by atoms with Crippen LogP contribution >= 0.6 is 0 Å². The van der Waals surface area contributed by atoms with Gasteiger partial charge in [0.1, 0.15) is 12.3 Å². The summed E-state index contributed by atoms with van der Waals surface area (Å²) in [4.78, 5) is 38.3. The minimum absolute atomic E-state index is 0.00679. The molecule has 32 heavy (non-hydrogen) atoms. The van der Waals surface area contributed by atoms with E-state index in [0.717, 1.165) is 5.56 Å². The van der Waals surface area contributed by atoms with Crippen LogP contribution in [0.15, 0.2) is 90.3 Å². The molecule has 0 saturated carbocycles. The number of hydrogen-bond acceptors (Lipinski definition) is 7. The fraction of sp³-hybridized carbons (Fsp3) is 0.125. The van der Waals surface area contributed by atoms with Gasteiger partial charge in [-0.15, -0.1) is 0 Å². The van der Waals surface area contributed by atoms with Gasteiger partial charge in [-0.1, -0.05) is 36.4 Å². The van der Waals surface area contributed by atoms with Crippen LogP contribution in [0.3, 0.4) is 0 Å². The first-order chi connectivity index (χ1) is 15.5. The fourth-order valence-electron chi connectivity index (χ4n) is 2.95. The highest BCUT2D eigenvalue weighted by Crippen LogP contribution is 2.27. The number of esters is 2. The van der Waals surface area contributed by atoms with Crippen molar-refractivity contribution in [3.8, 4) is 0 Å². The summed E-state index contributed by atoms with van der Waals surface area (Å²) in [5.74, 6) is -1.37. The summed E-state index contributed by atoms with van der Waals surface area (Å²) < 4.78 is 14.9. The highest BCUT2D eigenvalue weighted by molar-refractivity contribution is 6.05. The van der Waals surface area contributed by atoms with Gasteiger partial charge in [-0.3, -0.25) is 5.32 Å². The summed E-state index contributed by atoms with van der Waals surface area (Å²) in [5, 5.41) is 2.65. The molecule has 0 spiro atoms.